The number of carbonyl (C=O) groups is 2. The molecule has 5 atom stereocenters. The zero-order valence-electron chi connectivity index (χ0n) is 21.4. The van der Waals surface area contributed by atoms with E-state index in [2.05, 4.69) is 22.8 Å². The van der Waals surface area contributed by atoms with Crippen LogP contribution in [0, 0.1) is 11.3 Å². The third-order valence-corrected chi connectivity index (χ3v) is 7.69. The Bertz CT molecular complexity index is 683. The van der Waals surface area contributed by atoms with E-state index in [-0.39, 0.29) is 12.2 Å². The van der Waals surface area contributed by atoms with Gasteiger partial charge in [-0.05, 0) is 56.3 Å². The van der Waals surface area contributed by atoms with Crippen molar-refractivity contribution in [1.29, 1.82) is 0 Å². The van der Waals surface area contributed by atoms with Crippen LogP contribution in [-0.4, -0.2) is 54.1 Å². The number of alkyl carbamates (subject to hydrolysis) is 1. The Labute approximate surface area is 205 Å². The number of carbonyl (C=O) groups excluding carboxylic acids is 1. The van der Waals surface area contributed by atoms with Crippen molar-refractivity contribution in [2.24, 2.45) is 11.3 Å². The molecule has 0 bridgehead atoms. The highest BCUT2D eigenvalue weighted by molar-refractivity contribution is 5.80. The quantitative estimate of drug-likeness (QED) is 0.395. The van der Waals surface area contributed by atoms with Gasteiger partial charge in [0.1, 0.15) is 12.1 Å². The highest BCUT2D eigenvalue weighted by Gasteiger charge is 2.36. The van der Waals surface area contributed by atoms with Crippen molar-refractivity contribution in [2.75, 3.05) is 6.61 Å². The summed E-state index contributed by atoms with van der Waals surface area (Å²) in [5, 5.41) is 15.9. The van der Waals surface area contributed by atoms with Gasteiger partial charge in [-0.2, -0.15) is 0 Å². The van der Waals surface area contributed by atoms with Gasteiger partial charge in [-0.15, -0.1) is 0 Å². The van der Waals surface area contributed by atoms with E-state index in [0.29, 0.717) is 24.6 Å². The molecule has 0 aliphatic heterocycles. The fourth-order valence-electron chi connectivity index (χ4n) is 5.73. The van der Waals surface area contributed by atoms with Gasteiger partial charge in [0.05, 0.1) is 12.7 Å². The molecule has 3 aliphatic rings. The van der Waals surface area contributed by atoms with Crippen LogP contribution in [0.25, 0.3) is 0 Å². The van der Waals surface area contributed by atoms with E-state index in [4.69, 9.17) is 9.47 Å². The normalized spacial score (nSPS) is 29.7. The van der Waals surface area contributed by atoms with Crippen molar-refractivity contribution in [2.45, 2.75) is 128 Å². The number of ether oxygens (including phenoxy) is 2. The van der Waals surface area contributed by atoms with E-state index in [1.165, 1.54) is 57.8 Å². The van der Waals surface area contributed by atoms with Crippen molar-refractivity contribution < 1.29 is 24.2 Å². The monoisotopic (exact) mass is 478 g/mol. The average molecular weight is 479 g/mol. The summed E-state index contributed by atoms with van der Waals surface area (Å²) in [6.07, 6.45) is 17.6. The maximum atomic E-state index is 12.4. The predicted molar refractivity (Wildman–Crippen MR) is 133 cm³/mol. The third-order valence-electron chi connectivity index (χ3n) is 7.69. The van der Waals surface area contributed by atoms with Crippen LogP contribution in [0.4, 0.5) is 4.79 Å². The average Bonchev–Trinajstić information content (AvgIpc) is 3.22. The van der Waals surface area contributed by atoms with Gasteiger partial charge in [-0.1, -0.05) is 65.0 Å². The molecule has 0 heterocycles. The number of hydrogen-bond acceptors (Lipinski definition) is 5. The van der Waals surface area contributed by atoms with Crippen molar-refractivity contribution in [3.63, 3.8) is 0 Å². The Balaban J connectivity index is 1.43. The first-order chi connectivity index (χ1) is 16.2. The van der Waals surface area contributed by atoms with Gasteiger partial charge in [0.2, 0.25) is 0 Å². The molecule has 194 valence electrons. The Morgan fingerprint density at radius 3 is 2.32 bits per heavy atom. The van der Waals surface area contributed by atoms with Crippen LogP contribution in [0.1, 0.15) is 97.8 Å². The molecule has 3 saturated carbocycles. The maximum absolute atomic E-state index is 12.4. The fraction of sp³-hybridized carbons (Fsp3) is 0.852. The van der Waals surface area contributed by atoms with E-state index in [0.717, 1.165) is 19.3 Å². The summed E-state index contributed by atoms with van der Waals surface area (Å²) in [4.78, 5) is 23.9. The van der Waals surface area contributed by atoms with E-state index in [9.17, 15) is 14.7 Å². The van der Waals surface area contributed by atoms with Crippen molar-refractivity contribution in [3.8, 4) is 0 Å². The number of carboxylic acid groups (broad SMARTS) is 1. The predicted octanol–water partition coefficient (Wildman–Crippen LogP) is 5.19. The van der Waals surface area contributed by atoms with Crippen LogP contribution < -0.4 is 10.6 Å². The molecule has 34 heavy (non-hydrogen) atoms. The Hall–Kier alpha value is -1.60. The van der Waals surface area contributed by atoms with Gasteiger partial charge in [0, 0.05) is 12.1 Å². The lowest BCUT2D eigenvalue weighted by atomic mass is 9.83. The molecule has 0 aromatic rings. The standard InChI is InChI=1S/C27H46N2O5/c1-27(2,3)24(25(30)31)29-26(32)34-23-17-9-16-22(23)33-18-10-12-19-11-7-8-15-21(19)28-20-13-5-4-6-14-20/h10,12,19-24,28H,4-9,11,13-18H2,1-3H3,(H,29,32)(H,30,31)/b12-10+/t19?,21?,22-,23-,24-/m1/s1. The first kappa shape index (κ1) is 27.0. The zero-order chi connectivity index (χ0) is 24.6. The summed E-state index contributed by atoms with van der Waals surface area (Å²) >= 11 is 0. The molecule has 0 saturated heterocycles. The van der Waals surface area contributed by atoms with Crippen molar-refractivity contribution in [1.82, 2.24) is 10.6 Å². The van der Waals surface area contributed by atoms with E-state index < -0.39 is 23.5 Å². The topological polar surface area (TPSA) is 96.9 Å². The lowest BCUT2D eigenvalue weighted by Crippen LogP contribution is -2.50. The minimum atomic E-state index is -1.06. The number of amides is 1. The highest BCUT2D eigenvalue weighted by atomic mass is 16.6. The molecular weight excluding hydrogens is 432 g/mol. The van der Waals surface area contributed by atoms with Gasteiger partial charge in [0.25, 0.3) is 0 Å². The second kappa shape index (κ2) is 12.9. The fourth-order valence-corrected chi connectivity index (χ4v) is 5.73. The summed E-state index contributed by atoms with van der Waals surface area (Å²) in [6.45, 7) is 5.85. The smallest absolute Gasteiger partial charge is 0.408 e. The van der Waals surface area contributed by atoms with E-state index >= 15 is 0 Å². The van der Waals surface area contributed by atoms with Gasteiger partial charge in [-0.25, -0.2) is 9.59 Å². The number of carboxylic acids is 1. The van der Waals surface area contributed by atoms with Gasteiger partial charge in [-0.3, -0.25) is 0 Å². The van der Waals surface area contributed by atoms with Crippen LogP contribution in [0.5, 0.6) is 0 Å². The highest BCUT2D eigenvalue weighted by Crippen LogP contribution is 2.29. The maximum Gasteiger partial charge on any atom is 0.408 e. The zero-order valence-corrected chi connectivity index (χ0v) is 21.4. The summed E-state index contributed by atoms with van der Waals surface area (Å²) < 4.78 is 11.7. The summed E-state index contributed by atoms with van der Waals surface area (Å²) in [5.41, 5.74) is -0.607. The lowest BCUT2D eigenvalue weighted by Gasteiger charge is -2.35. The molecule has 0 aromatic heterocycles. The molecule has 3 N–H and O–H groups in total. The van der Waals surface area contributed by atoms with Gasteiger partial charge in [0.15, 0.2) is 0 Å². The Kier molecular flexibility index (Phi) is 10.3. The molecule has 2 unspecified atom stereocenters. The van der Waals surface area contributed by atoms with Crippen LogP contribution in [0.15, 0.2) is 12.2 Å². The van der Waals surface area contributed by atoms with Gasteiger partial charge >= 0.3 is 12.1 Å². The van der Waals surface area contributed by atoms with E-state index in [1.807, 2.05) is 0 Å². The van der Waals surface area contributed by atoms with Crippen LogP contribution >= 0.6 is 0 Å². The first-order valence-corrected chi connectivity index (χ1v) is 13.5. The summed E-state index contributed by atoms with van der Waals surface area (Å²) in [7, 11) is 0. The molecule has 7 nitrogen and oxygen atoms in total. The Morgan fingerprint density at radius 2 is 1.62 bits per heavy atom. The van der Waals surface area contributed by atoms with Crippen molar-refractivity contribution >= 4 is 12.1 Å². The second-order valence-electron chi connectivity index (χ2n) is 11.5. The molecule has 3 aliphatic carbocycles. The SMILES string of the molecule is CC(C)(C)[C@H](NC(=O)O[C@@H]1CCC[C@H]1OC/C=C/C1CCCCC1NC1CCCCC1)C(=O)O. The van der Waals surface area contributed by atoms with Crippen LogP contribution in [0.3, 0.4) is 0 Å². The number of hydrogen-bond donors (Lipinski definition) is 3. The Morgan fingerprint density at radius 1 is 0.941 bits per heavy atom. The molecule has 0 radical (unpaired) electrons. The molecule has 7 heteroatoms. The van der Waals surface area contributed by atoms with Gasteiger partial charge < -0.3 is 25.2 Å². The molecule has 3 fully saturated rings. The number of rotatable bonds is 9. The minimum Gasteiger partial charge on any atom is -0.480 e. The molecular formula is C27H46N2O5. The van der Waals surface area contributed by atoms with E-state index in [1.54, 1.807) is 20.8 Å². The minimum absolute atomic E-state index is 0.143. The molecule has 3 rings (SSSR count). The third kappa shape index (κ3) is 8.26. The summed E-state index contributed by atoms with van der Waals surface area (Å²) in [5.74, 6) is -0.501. The van der Waals surface area contributed by atoms with Crippen LogP contribution in [0.2, 0.25) is 0 Å². The number of aliphatic carboxylic acids is 1. The summed E-state index contributed by atoms with van der Waals surface area (Å²) in [6, 6.07) is 0.254. The molecule has 0 spiro atoms. The first-order valence-electron chi connectivity index (χ1n) is 13.5. The molecule has 0 aromatic carbocycles. The largest absolute Gasteiger partial charge is 0.480 e. The number of nitrogens with one attached hydrogen (secondary N) is 2. The van der Waals surface area contributed by atoms with Crippen LogP contribution in [-0.2, 0) is 14.3 Å². The molecule has 1 amide bonds. The van der Waals surface area contributed by atoms with Crippen molar-refractivity contribution in [3.05, 3.63) is 12.2 Å². The second-order valence-corrected chi connectivity index (χ2v) is 11.5. The lowest BCUT2D eigenvalue weighted by molar-refractivity contribution is -0.142.